The minimum atomic E-state index is -0.413. The van der Waals surface area contributed by atoms with E-state index >= 15 is 0 Å². The van der Waals surface area contributed by atoms with Crippen molar-refractivity contribution in [2.75, 3.05) is 13.7 Å². The highest BCUT2D eigenvalue weighted by atomic mass is 16.5. The largest absolute Gasteiger partial charge is 0.507 e. The number of hydrogen-bond donors (Lipinski definition) is 2. The normalized spacial score (nSPS) is 16.6. The van der Waals surface area contributed by atoms with Crippen LogP contribution in [-0.2, 0) is 16.0 Å². The summed E-state index contributed by atoms with van der Waals surface area (Å²) in [5.74, 6) is -0.722. The van der Waals surface area contributed by atoms with Crippen molar-refractivity contribution in [3.05, 3.63) is 28.8 Å². The van der Waals surface area contributed by atoms with Crippen molar-refractivity contribution in [2.24, 2.45) is 5.92 Å². The van der Waals surface area contributed by atoms with Crippen molar-refractivity contribution in [2.45, 2.75) is 26.7 Å². The molecule has 0 amide bonds. The van der Waals surface area contributed by atoms with Gasteiger partial charge in [-0.3, -0.25) is 9.59 Å². The zero-order chi connectivity index (χ0) is 18.3. The summed E-state index contributed by atoms with van der Waals surface area (Å²) in [6, 6.07) is 3.48. The van der Waals surface area contributed by atoms with Crippen LogP contribution in [0.4, 0.5) is 0 Å². The van der Waals surface area contributed by atoms with E-state index in [0.717, 1.165) is 5.56 Å². The SMILES string of the molecule is COc1cc(C)cc2c(O)c3c(c(O)c12)C(=O)CC(COC(C)=O)C3. The molecule has 2 aromatic carbocycles. The number of carbonyl (C=O) groups excluding carboxylic acids is 2. The van der Waals surface area contributed by atoms with Gasteiger partial charge in [0.25, 0.3) is 0 Å². The predicted octanol–water partition coefficient (Wildman–Crippen LogP) is 2.88. The number of carbonyl (C=O) groups is 2. The number of aryl methyl sites for hydroxylation is 1. The van der Waals surface area contributed by atoms with E-state index in [9.17, 15) is 19.8 Å². The Balaban J connectivity index is 2.18. The molecule has 0 saturated carbocycles. The monoisotopic (exact) mass is 344 g/mol. The average molecular weight is 344 g/mol. The van der Waals surface area contributed by atoms with Crippen LogP contribution < -0.4 is 4.74 Å². The molecule has 1 aliphatic carbocycles. The number of phenolic OH excluding ortho intramolecular Hbond substituents is 2. The fourth-order valence-corrected chi connectivity index (χ4v) is 3.47. The molecule has 6 nitrogen and oxygen atoms in total. The fraction of sp³-hybridized carbons (Fsp3) is 0.368. The first kappa shape index (κ1) is 17.1. The summed E-state index contributed by atoms with van der Waals surface area (Å²) in [6.07, 6.45) is 0.493. The van der Waals surface area contributed by atoms with Crippen LogP contribution in [0.3, 0.4) is 0 Å². The van der Waals surface area contributed by atoms with Gasteiger partial charge in [0.15, 0.2) is 5.78 Å². The second kappa shape index (κ2) is 6.27. The van der Waals surface area contributed by atoms with Crippen LogP contribution in [-0.4, -0.2) is 35.7 Å². The Morgan fingerprint density at radius 1 is 1.24 bits per heavy atom. The van der Waals surface area contributed by atoms with Crippen molar-refractivity contribution < 1.29 is 29.3 Å². The number of phenols is 2. The minimum Gasteiger partial charge on any atom is -0.507 e. The van der Waals surface area contributed by atoms with Gasteiger partial charge in [-0.25, -0.2) is 0 Å². The molecular formula is C19H20O6. The third-order valence-corrected chi connectivity index (χ3v) is 4.55. The van der Waals surface area contributed by atoms with Crippen LogP contribution in [0.1, 0.15) is 34.8 Å². The van der Waals surface area contributed by atoms with E-state index in [1.165, 1.54) is 14.0 Å². The maximum Gasteiger partial charge on any atom is 0.302 e. The standard InChI is InChI=1S/C19H20O6/c1-9-4-12-17(15(5-9)24-3)19(23)16-13(18(12)22)6-11(7-14(16)21)8-25-10(2)20/h4-5,11,22-23H,6-8H2,1-3H3. The molecule has 0 heterocycles. The van der Waals surface area contributed by atoms with Crippen molar-refractivity contribution in [1.82, 2.24) is 0 Å². The number of aromatic hydroxyl groups is 2. The molecule has 3 rings (SSSR count). The molecule has 1 unspecified atom stereocenters. The van der Waals surface area contributed by atoms with Gasteiger partial charge < -0.3 is 19.7 Å². The second-order valence-corrected chi connectivity index (χ2v) is 6.44. The molecule has 0 bridgehead atoms. The summed E-state index contributed by atoms with van der Waals surface area (Å²) in [4.78, 5) is 23.6. The molecule has 2 aromatic rings. The Morgan fingerprint density at radius 3 is 2.60 bits per heavy atom. The predicted molar refractivity (Wildman–Crippen MR) is 91.3 cm³/mol. The maximum absolute atomic E-state index is 12.6. The summed E-state index contributed by atoms with van der Waals surface area (Å²) in [6.45, 7) is 3.27. The number of methoxy groups -OCH3 is 1. The number of Topliss-reactive ketones (excluding diaryl/α,β-unsaturated/α-hetero) is 1. The van der Waals surface area contributed by atoms with E-state index in [2.05, 4.69) is 0 Å². The molecule has 6 heteroatoms. The smallest absolute Gasteiger partial charge is 0.302 e. The molecule has 0 aromatic heterocycles. The van der Waals surface area contributed by atoms with E-state index < -0.39 is 5.97 Å². The third kappa shape index (κ3) is 2.88. The van der Waals surface area contributed by atoms with Gasteiger partial charge in [-0.1, -0.05) is 0 Å². The maximum atomic E-state index is 12.6. The summed E-state index contributed by atoms with van der Waals surface area (Å²) >= 11 is 0. The van der Waals surface area contributed by atoms with Crippen LogP contribution in [0.5, 0.6) is 17.2 Å². The molecule has 25 heavy (non-hydrogen) atoms. The highest BCUT2D eigenvalue weighted by molar-refractivity contribution is 6.11. The molecule has 0 radical (unpaired) electrons. The Hall–Kier alpha value is -2.76. The Kier molecular flexibility index (Phi) is 4.29. The van der Waals surface area contributed by atoms with Gasteiger partial charge in [-0.2, -0.15) is 0 Å². The summed E-state index contributed by atoms with van der Waals surface area (Å²) in [5.41, 5.74) is 1.38. The highest BCUT2D eigenvalue weighted by Gasteiger charge is 2.33. The van der Waals surface area contributed by atoms with E-state index in [1.807, 2.05) is 6.92 Å². The van der Waals surface area contributed by atoms with Gasteiger partial charge in [-0.15, -0.1) is 0 Å². The number of hydrogen-bond acceptors (Lipinski definition) is 6. The van der Waals surface area contributed by atoms with Crippen molar-refractivity contribution >= 4 is 22.5 Å². The average Bonchev–Trinajstić information content (AvgIpc) is 2.56. The van der Waals surface area contributed by atoms with Gasteiger partial charge in [0.05, 0.1) is 24.7 Å². The first-order valence-electron chi connectivity index (χ1n) is 8.05. The molecule has 2 N–H and O–H groups in total. The number of esters is 1. The van der Waals surface area contributed by atoms with Gasteiger partial charge in [0.2, 0.25) is 0 Å². The molecule has 0 aliphatic heterocycles. The number of rotatable bonds is 3. The number of ether oxygens (including phenoxy) is 2. The number of fused-ring (bicyclic) bond motifs is 2. The second-order valence-electron chi connectivity index (χ2n) is 6.44. The zero-order valence-corrected chi connectivity index (χ0v) is 14.4. The first-order valence-corrected chi connectivity index (χ1v) is 8.05. The van der Waals surface area contributed by atoms with E-state index in [0.29, 0.717) is 28.5 Å². The zero-order valence-electron chi connectivity index (χ0n) is 14.4. The van der Waals surface area contributed by atoms with E-state index in [4.69, 9.17) is 9.47 Å². The molecule has 0 saturated heterocycles. The Morgan fingerprint density at radius 2 is 1.96 bits per heavy atom. The molecule has 0 fully saturated rings. The van der Waals surface area contributed by atoms with Crippen LogP contribution in [0.25, 0.3) is 10.8 Å². The Bertz CT molecular complexity index is 884. The molecule has 1 aliphatic rings. The van der Waals surface area contributed by atoms with Gasteiger partial charge in [-0.05, 0) is 31.0 Å². The topological polar surface area (TPSA) is 93.1 Å². The van der Waals surface area contributed by atoms with E-state index in [-0.39, 0.29) is 41.8 Å². The summed E-state index contributed by atoms with van der Waals surface area (Å²) < 4.78 is 10.3. The quantitative estimate of drug-likeness (QED) is 0.657. The van der Waals surface area contributed by atoms with Gasteiger partial charge in [0.1, 0.15) is 17.2 Å². The van der Waals surface area contributed by atoms with Crippen molar-refractivity contribution in [1.29, 1.82) is 0 Å². The van der Waals surface area contributed by atoms with Crippen LogP contribution in [0.2, 0.25) is 0 Å². The van der Waals surface area contributed by atoms with E-state index in [1.54, 1.807) is 12.1 Å². The molecule has 1 atom stereocenters. The lowest BCUT2D eigenvalue weighted by Gasteiger charge is -2.26. The summed E-state index contributed by atoms with van der Waals surface area (Å²) in [5, 5.41) is 22.2. The lowest BCUT2D eigenvalue weighted by molar-refractivity contribution is -0.142. The number of benzene rings is 2. The van der Waals surface area contributed by atoms with Gasteiger partial charge >= 0.3 is 5.97 Å². The number of ketones is 1. The van der Waals surface area contributed by atoms with Crippen LogP contribution in [0, 0.1) is 12.8 Å². The van der Waals surface area contributed by atoms with Crippen molar-refractivity contribution in [3.63, 3.8) is 0 Å². The van der Waals surface area contributed by atoms with Crippen LogP contribution in [0.15, 0.2) is 12.1 Å². The molecule has 132 valence electrons. The third-order valence-electron chi connectivity index (χ3n) is 4.55. The summed E-state index contributed by atoms with van der Waals surface area (Å²) in [7, 11) is 1.47. The molecule has 0 spiro atoms. The lowest BCUT2D eigenvalue weighted by Crippen LogP contribution is -2.25. The highest BCUT2D eigenvalue weighted by Crippen LogP contribution is 2.47. The fourth-order valence-electron chi connectivity index (χ4n) is 3.47. The van der Waals surface area contributed by atoms with Crippen molar-refractivity contribution in [3.8, 4) is 17.2 Å². The Labute approximate surface area is 145 Å². The molecular weight excluding hydrogens is 324 g/mol. The van der Waals surface area contributed by atoms with Crippen LogP contribution >= 0.6 is 0 Å². The first-order chi connectivity index (χ1) is 11.8. The van der Waals surface area contributed by atoms with Gasteiger partial charge in [0, 0.05) is 30.2 Å². The minimum absolute atomic E-state index is 0.0364. The lowest BCUT2D eigenvalue weighted by atomic mass is 9.80.